The van der Waals surface area contributed by atoms with E-state index in [0.717, 1.165) is 11.3 Å². The zero-order chi connectivity index (χ0) is 16.6. The molecule has 1 amide bonds. The van der Waals surface area contributed by atoms with Crippen LogP contribution < -0.4 is 10.9 Å². The van der Waals surface area contributed by atoms with Gasteiger partial charge < -0.3 is 9.88 Å². The van der Waals surface area contributed by atoms with Crippen molar-refractivity contribution < 1.29 is 4.79 Å². The van der Waals surface area contributed by atoms with Gasteiger partial charge in [0.1, 0.15) is 5.82 Å². The normalized spacial score (nSPS) is 16.8. The molecule has 0 saturated carbocycles. The molecule has 1 aromatic heterocycles. The average molecular weight is 350 g/mol. The molecule has 2 aromatic rings. The fourth-order valence-corrected chi connectivity index (χ4v) is 3.59. The van der Waals surface area contributed by atoms with Crippen LogP contribution in [0.1, 0.15) is 30.4 Å². The molecular formula is C16H16ClN3O2S. The largest absolute Gasteiger partial charge is 0.312 e. The third-order valence-corrected chi connectivity index (χ3v) is 5.01. The summed E-state index contributed by atoms with van der Waals surface area (Å²) in [5, 5.41) is 4.05. The van der Waals surface area contributed by atoms with Crippen molar-refractivity contribution in [2.75, 3.05) is 11.1 Å². The van der Waals surface area contributed by atoms with Gasteiger partial charge in [-0.05, 0) is 23.4 Å². The van der Waals surface area contributed by atoms with Crippen molar-refractivity contribution in [2.24, 2.45) is 7.05 Å². The molecule has 1 N–H and O–H groups in total. The smallest absolute Gasteiger partial charge is 0.279 e. The molecule has 1 atom stereocenters. The number of carbonyl (C=O) groups excluding carboxylic acids is 1. The van der Waals surface area contributed by atoms with Crippen molar-refractivity contribution in [1.82, 2.24) is 9.55 Å². The molecule has 1 aromatic carbocycles. The maximum Gasteiger partial charge on any atom is 0.279 e. The predicted molar refractivity (Wildman–Crippen MR) is 92.4 cm³/mol. The number of amides is 1. The highest BCUT2D eigenvalue weighted by atomic mass is 35.5. The third kappa shape index (κ3) is 3.01. The Morgan fingerprint density at radius 1 is 1.35 bits per heavy atom. The molecule has 0 radical (unpaired) electrons. The molecule has 5 nitrogen and oxygen atoms in total. The number of hydrogen-bond donors (Lipinski definition) is 1. The van der Waals surface area contributed by atoms with Gasteiger partial charge in [-0.2, -0.15) is 4.98 Å². The van der Waals surface area contributed by atoms with Crippen molar-refractivity contribution in [3.63, 3.8) is 0 Å². The van der Waals surface area contributed by atoms with Gasteiger partial charge in [0.2, 0.25) is 5.91 Å². The van der Waals surface area contributed by atoms with Crippen LogP contribution in [0.25, 0.3) is 0 Å². The Hall–Kier alpha value is -1.79. The van der Waals surface area contributed by atoms with E-state index in [0.29, 0.717) is 21.6 Å². The van der Waals surface area contributed by atoms with Gasteiger partial charge in [-0.1, -0.05) is 42.4 Å². The molecule has 0 saturated heterocycles. The van der Waals surface area contributed by atoms with Crippen LogP contribution in [-0.2, 0) is 11.8 Å². The first-order valence-corrected chi connectivity index (χ1v) is 8.66. The zero-order valence-electron chi connectivity index (χ0n) is 12.8. The summed E-state index contributed by atoms with van der Waals surface area (Å²) in [7, 11) is 1.81. The molecular weight excluding hydrogens is 334 g/mol. The Balaban J connectivity index is 2.18. The number of carbonyl (C=O) groups is 1. The molecule has 7 heteroatoms. The highest BCUT2D eigenvalue weighted by Crippen LogP contribution is 2.35. The van der Waals surface area contributed by atoms with E-state index in [2.05, 4.69) is 10.3 Å². The second-order valence-corrected chi connectivity index (χ2v) is 6.98. The van der Waals surface area contributed by atoms with Gasteiger partial charge in [-0.15, -0.1) is 0 Å². The minimum atomic E-state index is -0.303. The van der Waals surface area contributed by atoms with E-state index < -0.39 is 0 Å². The van der Waals surface area contributed by atoms with Gasteiger partial charge in [-0.25, -0.2) is 0 Å². The fourth-order valence-electron chi connectivity index (χ4n) is 2.77. The lowest BCUT2D eigenvalue weighted by Crippen LogP contribution is -2.33. The number of nitrogens with one attached hydrogen (secondary N) is 1. The quantitative estimate of drug-likeness (QED) is 0.683. The summed E-state index contributed by atoms with van der Waals surface area (Å²) in [6.07, 6.45) is 0.228. The van der Waals surface area contributed by atoms with Crippen LogP contribution in [0.5, 0.6) is 0 Å². The molecule has 23 heavy (non-hydrogen) atoms. The average Bonchev–Trinajstić information content (AvgIpc) is 2.52. The third-order valence-electron chi connectivity index (χ3n) is 3.85. The summed E-state index contributed by atoms with van der Waals surface area (Å²) in [6, 6.07) is 7.23. The lowest BCUT2D eigenvalue weighted by Gasteiger charge is -2.27. The van der Waals surface area contributed by atoms with E-state index in [1.54, 1.807) is 16.7 Å². The summed E-state index contributed by atoms with van der Waals surface area (Å²) in [6.45, 7) is 1.99. The maximum absolute atomic E-state index is 12.6. The molecule has 1 aliphatic heterocycles. The summed E-state index contributed by atoms with van der Waals surface area (Å²) in [4.78, 5) is 28.9. The second-order valence-electron chi connectivity index (χ2n) is 5.31. The Labute approximate surface area is 143 Å². The first-order chi connectivity index (χ1) is 11.0. The number of anilines is 1. The van der Waals surface area contributed by atoms with E-state index in [1.807, 2.05) is 26.1 Å². The van der Waals surface area contributed by atoms with E-state index >= 15 is 0 Å². The number of benzene rings is 1. The molecule has 0 spiro atoms. The van der Waals surface area contributed by atoms with Crippen molar-refractivity contribution in [2.45, 2.75) is 24.4 Å². The van der Waals surface area contributed by atoms with Crippen molar-refractivity contribution in [3.05, 3.63) is 50.8 Å². The topological polar surface area (TPSA) is 64.0 Å². The van der Waals surface area contributed by atoms with Crippen LogP contribution in [0.3, 0.4) is 0 Å². The molecule has 2 heterocycles. The first-order valence-electron chi connectivity index (χ1n) is 7.30. The van der Waals surface area contributed by atoms with Crippen LogP contribution in [0, 0.1) is 0 Å². The van der Waals surface area contributed by atoms with Gasteiger partial charge in [0.25, 0.3) is 5.56 Å². The molecule has 3 rings (SSSR count). The zero-order valence-corrected chi connectivity index (χ0v) is 14.4. The number of nitrogens with zero attached hydrogens (tertiary/aromatic N) is 2. The molecule has 0 fully saturated rings. The lowest BCUT2D eigenvalue weighted by atomic mass is 9.87. The Morgan fingerprint density at radius 3 is 2.70 bits per heavy atom. The van der Waals surface area contributed by atoms with Crippen LogP contribution in [0.2, 0.25) is 5.02 Å². The van der Waals surface area contributed by atoms with E-state index in [1.165, 1.54) is 11.8 Å². The van der Waals surface area contributed by atoms with E-state index in [4.69, 9.17) is 11.6 Å². The number of halogens is 1. The molecule has 0 bridgehead atoms. The van der Waals surface area contributed by atoms with Crippen LogP contribution >= 0.6 is 23.4 Å². The predicted octanol–water partition coefficient (Wildman–Crippen LogP) is 3.02. The summed E-state index contributed by atoms with van der Waals surface area (Å²) in [5.74, 6) is 0.930. The molecule has 0 aliphatic carbocycles. The first kappa shape index (κ1) is 16.1. The van der Waals surface area contributed by atoms with E-state index in [-0.39, 0.29) is 23.8 Å². The summed E-state index contributed by atoms with van der Waals surface area (Å²) >= 11 is 7.40. The monoisotopic (exact) mass is 349 g/mol. The number of fused-ring (bicyclic) bond motifs is 1. The van der Waals surface area contributed by atoms with Crippen molar-refractivity contribution >= 4 is 35.1 Å². The molecule has 1 unspecified atom stereocenters. The minimum absolute atomic E-state index is 0.105. The Morgan fingerprint density at radius 2 is 2.04 bits per heavy atom. The Kier molecular flexibility index (Phi) is 4.46. The van der Waals surface area contributed by atoms with Crippen LogP contribution in [0.15, 0.2) is 34.2 Å². The number of hydrogen-bond acceptors (Lipinski definition) is 4. The summed E-state index contributed by atoms with van der Waals surface area (Å²) < 4.78 is 1.78. The lowest BCUT2D eigenvalue weighted by molar-refractivity contribution is -0.116. The molecule has 120 valence electrons. The van der Waals surface area contributed by atoms with E-state index in [9.17, 15) is 9.59 Å². The van der Waals surface area contributed by atoms with Gasteiger partial charge in [0, 0.05) is 24.4 Å². The van der Waals surface area contributed by atoms with Gasteiger partial charge in [-0.3, -0.25) is 9.59 Å². The van der Waals surface area contributed by atoms with Crippen LogP contribution in [0.4, 0.5) is 5.82 Å². The summed E-state index contributed by atoms with van der Waals surface area (Å²) in [5.41, 5.74) is 1.14. The van der Waals surface area contributed by atoms with Crippen LogP contribution in [-0.4, -0.2) is 21.2 Å². The number of thioether (sulfide) groups is 1. The maximum atomic E-state index is 12.6. The molecule has 1 aliphatic rings. The number of rotatable bonds is 3. The van der Waals surface area contributed by atoms with Gasteiger partial charge >= 0.3 is 0 Å². The van der Waals surface area contributed by atoms with Crippen molar-refractivity contribution in [1.29, 1.82) is 0 Å². The fraction of sp³-hybridized carbons (Fsp3) is 0.312. The SMILES string of the molecule is CCSc1nc(=O)c2c(n1C)NC(=O)CC2c1ccc(Cl)cc1. The Bertz CT molecular complexity index is 817. The standard InChI is InChI=1S/C16H16ClN3O2S/c1-3-23-16-19-15(22)13-11(9-4-6-10(17)7-5-9)8-12(21)18-14(13)20(16)2/h4-7,11H,3,8H2,1-2H3,(H,18,21). The van der Waals surface area contributed by atoms with Crippen molar-refractivity contribution in [3.8, 4) is 0 Å². The second kappa shape index (κ2) is 6.37. The van der Waals surface area contributed by atoms with Gasteiger partial charge in [0.05, 0.1) is 5.56 Å². The minimum Gasteiger partial charge on any atom is -0.312 e. The number of aromatic nitrogens is 2. The van der Waals surface area contributed by atoms with Gasteiger partial charge in [0.15, 0.2) is 5.16 Å². The highest BCUT2D eigenvalue weighted by molar-refractivity contribution is 7.99. The highest BCUT2D eigenvalue weighted by Gasteiger charge is 2.31.